The molecule has 66 heavy (non-hydrogen) atoms. The van der Waals surface area contributed by atoms with Gasteiger partial charge in [-0.1, -0.05) is 171 Å². The van der Waals surface area contributed by atoms with E-state index in [2.05, 4.69) is 81.5 Å². The molecule has 0 aromatic carbocycles. The monoisotopic (exact) mass is 951 g/mol. The van der Waals surface area contributed by atoms with Crippen molar-refractivity contribution < 1.29 is 52.2 Å². The molecule has 0 aliphatic heterocycles. The molecular weight excluding hydrogens is 856 g/mol. The van der Waals surface area contributed by atoms with E-state index in [1.165, 1.54) is 38.5 Å². The molecule has 0 aliphatic carbocycles. The smallest absolute Gasteiger partial charge is 0.462 e. The first-order valence-electron chi connectivity index (χ1n) is 26.2. The molecule has 382 valence electrons. The molecule has 0 aromatic rings. The number of hydrogen-bond acceptors (Lipinski definition) is 10. The maximum atomic E-state index is 12.8. The second-order valence-electron chi connectivity index (χ2n) is 17.3. The van der Waals surface area contributed by atoms with Gasteiger partial charge in [-0.05, 0) is 96.3 Å². The fourth-order valence-electron chi connectivity index (χ4n) is 6.82. The van der Waals surface area contributed by atoms with Crippen molar-refractivity contribution in [2.24, 2.45) is 0 Å². The molecule has 0 fully saturated rings. The molecule has 12 heteroatoms. The van der Waals surface area contributed by atoms with Gasteiger partial charge in [0.15, 0.2) is 6.10 Å². The molecule has 2 N–H and O–H groups in total. The number of allylic oxidation sites excluding steroid dienone is 10. The number of phosphoric ester groups is 1. The lowest BCUT2D eigenvalue weighted by atomic mass is 10.1. The molecule has 11 nitrogen and oxygen atoms in total. The second-order valence-corrected chi connectivity index (χ2v) is 18.8. The summed E-state index contributed by atoms with van der Waals surface area (Å²) in [6.07, 6.45) is 50.4. The highest BCUT2D eigenvalue weighted by Gasteiger charge is 2.28. The van der Waals surface area contributed by atoms with Crippen molar-refractivity contribution in [2.75, 3.05) is 26.4 Å². The summed E-state index contributed by atoms with van der Waals surface area (Å²) in [5.41, 5.74) is 0. The summed E-state index contributed by atoms with van der Waals surface area (Å²) in [5.74, 6) is -1.51. The van der Waals surface area contributed by atoms with Crippen molar-refractivity contribution in [1.82, 2.24) is 0 Å². The Bertz CT molecular complexity index is 1340. The van der Waals surface area contributed by atoms with E-state index in [0.717, 1.165) is 128 Å². The Labute approximate surface area is 402 Å². The zero-order valence-electron chi connectivity index (χ0n) is 41.9. The third-order valence-electron chi connectivity index (χ3n) is 10.9. The predicted molar refractivity (Wildman–Crippen MR) is 270 cm³/mol. The number of carbonyl (C=O) groups excluding carboxylic acids is 3. The normalized spacial score (nSPS) is 14.0. The fourth-order valence-corrected chi connectivity index (χ4v) is 7.60. The standard InChI is InChI=1S/C54H95O11P/c1-4-7-10-13-16-19-22-24-25-27-30-33-36-39-42-45-54(58)65-51(47-61-52(56)43-40-37-34-31-28-21-18-15-12-9-6-3)49-63-66(59,60)62-48-50(46-55)64-53(57)44-41-38-35-32-29-26-23-20-17-14-11-8-5-2/h11,14-16,18-20,23-25,50-51,55H,4-10,12-13,17,21-22,26-49H2,1-3H3,(H,59,60)/b14-11-,18-15-,19-16-,23-20-,25-24-. The van der Waals surface area contributed by atoms with Gasteiger partial charge < -0.3 is 24.2 Å². The summed E-state index contributed by atoms with van der Waals surface area (Å²) in [7, 11) is -4.75. The van der Waals surface area contributed by atoms with Gasteiger partial charge in [0.25, 0.3) is 0 Å². The SMILES string of the molecule is CCC/C=C\C/C=C\CCCCCCCC(=O)OC(CO)COP(=O)(O)OCC(COC(=O)CCCCCCC/C=C\CCCC)OC(=O)CCCCCCC/C=C\C/C=C\CCCCC. The molecule has 0 spiro atoms. The van der Waals surface area contributed by atoms with Crippen LogP contribution in [-0.2, 0) is 42.2 Å². The number of phosphoric acid groups is 1. The summed E-state index contributed by atoms with van der Waals surface area (Å²) in [5, 5.41) is 9.77. The second kappa shape index (κ2) is 48.6. The van der Waals surface area contributed by atoms with Crippen LogP contribution in [-0.4, -0.2) is 66.5 Å². The number of unbranched alkanes of at least 4 members (excludes halogenated alkanes) is 21. The lowest BCUT2D eigenvalue weighted by Crippen LogP contribution is -2.30. The Kier molecular flexibility index (Phi) is 46.6. The van der Waals surface area contributed by atoms with Gasteiger partial charge in [0.05, 0.1) is 19.8 Å². The van der Waals surface area contributed by atoms with Crippen LogP contribution in [0, 0.1) is 0 Å². The van der Waals surface area contributed by atoms with Crippen LogP contribution in [0.15, 0.2) is 60.8 Å². The number of esters is 3. The molecular formula is C54H95O11P. The zero-order chi connectivity index (χ0) is 48.4. The number of carbonyl (C=O) groups is 3. The quantitative estimate of drug-likeness (QED) is 0.0197. The number of hydrogen-bond donors (Lipinski definition) is 2. The average molecular weight is 951 g/mol. The summed E-state index contributed by atoms with van der Waals surface area (Å²) < 4.78 is 39.3. The maximum absolute atomic E-state index is 12.8. The van der Waals surface area contributed by atoms with Gasteiger partial charge in [-0.25, -0.2) is 4.57 Å². The Balaban J connectivity index is 4.77. The van der Waals surface area contributed by atoms with E-state index >= 15 is 0 Å². The molecule has 0 aliphatic rings. The minimum atomic E-state index is -4.75. The molecule has 0 aromatic heterocycles. The number of aliphatic hydroxyl groups excluding tert-OH is 1. The van der Waals surface area contributed by atoms with E-state index in [1.54, 1.807) is 0 Å². The Morgan fingerprint density at radius 2 is 0.788 bits per heavy atom. The zero-order valence-corrected chi connectivity index (χ0v) is 42.8. The van der Waals surface area contributed by atoms with Crippen molar-refractivity contribution in [3.8, 4) is 0 Å². The Hall–Kier alpha value is -2.82. The number of ether oxygens (including phenoxy) is 3. The molecule has 3 unspecified atom stereocenters. The molecule has 0 saturated heterocycles. The first-order chi connectivity index (χ1) is 32.2. The van der Waals surface area contributed by atoms with Crippen LogP contribution < -0.4 is 0 Å². The molecule has 0 radical (unpaired) electrons. The largest absolute Gasteiger partial charge is 0.472 e. The van der Waals surface area contributed by atoms with E-state index < -0.39 is 57.8 Å². The van der Waals surface area contributed by atoms with Gasteiger partial charge in [0.2, 0.25) is 0 Å². The minimum absolute atomic E-state index is 0.148. The third kappa shape index (κ3) is 46.3. The molecule has 0 saturated carbocycles. The van der Waals surface area contributed by atoms with Crippen LogP contribution >= 0.6 is 7.82 Å². The van der Waals surface area contributed by atoms with Gasteiger partial charge in [-0.15, -0.1) is 0 Å². The molecule has 0 amide bonds. The first-order valence-corrected chi connectivity index (χ1v) is 27.7. The van der Waals surface area contributed by atoms with E-state index in [9.17, 15) is 28.9 Å². The van der Waals surface area contributed by atoms with Crippen molar-refractivity contribution in [3.63, 3.8) is 0 Å². The summed E-state index contributed by atoms with van der Waals surface area (Å²) in [6.45, 7) is 4.46. The molecule has 0 rings (SSSR count). The van der Waals surface area contributed by atoms with Crippen LogP contribution in [0.25, 0.3) is 0 Å². The topological polar surface area (TPSA) is 155 Å². The predicted octanol–water partition coefficient (Wildman–Crippen LogP) is 14.8. The van der Waals surface area contributed by atoms with Crippen molar-refractivity contribution in [2.45, 2.75) is 238 Å². The van der Waals surface area contributed by atoms with E-state index in [1.807, 2.05) is 0 Å². The van der Waals surface area contributed by atoms with E-state index in [0.29, 0.717) is 19.3 Å². The third-order valence-corrected chi connectivity index (χ3v) is 11.8. The van der Waals surface area contributed by atoms with Gasteiger partial charge in [0, 0.05) is 19.3 Å². The molecule has 3 atom stereocenters. The molecule has 0 bridgehead atoms. The van der Waals surface area contributed by atoms with Crippen molar-refractivity contribution in [3.05, 3.63) is 60.8 Å². The van der Waals surface area contributed by atoms with Gasteiger partial charge in [-0.2, -0.15) is 0 Å². The lowest BCUT2D eigenvalue weighted by molar-refractivity contribution is -0.161. The minimum Gasteiger partial charge on any atom is -0.462 e. The van der Waals surface area contributed by atoms with Gasteiger partial charge >= 0.3 is 25.7 Å². The van der Waals surface area contributed by atoms with Crippen LogP contribution in [0.1, 0.15) is 226 Å². The van der Waals surface area contributed by atoms with Gasteiger partial charge in [-0.3, -0.25) is 23.4 Å². The Morgan fingerprint density at radius 3 is 1.24 bits per heavy atom. The highest BCUT2D eigenvalue weighted by Crippen LogP contribution is 2.43. The van der Waals surface area contributed by atoms with Crippen LogP contribution in [0.3, 0.4) is 0 Å². The van der Waals surface area contributed by atoms with Crippen molar-refractivity contribution >= 4 is 25.7 Å². The highest BCUT2D eigenvalue weighted by atomic mass is 31.2. The number of aliphatic hydroxyl groups is 1. The van der Waals surface area contributed by atoms with Crippen LogP contribution in [0.5, 0.6) is 0 Å². The first kappa shape index (κ1) is 63.2. The van der Waals surface area contributed by atoms with Crippen LogP contribution in [0.4, 0.5) is 0 Å². The fraction of sp³-hybridized carbons (Fsp3) is 0.759. The Morgan fingerprint density at radius 1 is 0.424 bits per heavy atom. The summed E-state index contributed by atoms with van der Waals surface area (Å²) in [6, 6.07) is 0. The van der Waals surface area contributed by atoms with E-state index in [-0.39, 0.29) is 25.9 Å². The van der Waals surface area contributed by atoms with Crippen LogP contribution in [0.2, 0.25) is 0 Å². The van der Waals surface area contributed by atoms with Crippen molar-refractivity contribution in [1.29, 1.82) is 0 Å². The van der Waals surface area contributed by atoms with Gasteiger partial charge in [0.1, 0.15) is 12.7 Å². The lowest BCUT2D eigenvalue weighted by Gasteiger charge is -2.21. The summed E-state index contributed by atoms with van der Waals surface area (Å²) in [4.78, 5) is 48.3. The summed E-state index contributed by atoms with van der Waals surface area (Å²) >= 11 is 0. The average Bonchev–Trinajstić information content (AvgIpc) is 3.30. The highest BCUT2D eigenvalue weighted by molar-refractivity contribution is 7.47. The number of rotatable bonds is 48. The van der Waals surface area contributed by atoms with E-state index in [4.69, 9.17) is 23.3 Å². The maximum Gasteiger partial charge on any atom is 0.472 e. The molecule has 0 heterocycles.